The summed E-state index contributed by atoms with van der Waals surface area (Å²) in [6.07, 6.45) is -1.59. The van der Waals surface area contributed by atoms with Crippen molar-refractivity contribution in [2.24, 2.45) is 5.73 Å². The molecule has 0 unspecified atom stereocenters. The number of amides is 1. The molecule has 0 saturated carbocycles. The fourth-order valence-corrected chi connectivity index (χ4v) is 2.17. The lowest BCUT2D eigenvalue weighted by Gasteiger charge is -2.31. The van der Waals surface area contributed by atoms with E-state index in [9.17, 15) is 9.18 Å². The summed E-state index contributed by atoms with van der Waals surface area (Å²) in [6, 6.07) is 0.321. The molecule has 7 heteroatoms. The number of carbonyl (C=O) groups is 1. The first-order chi connectivity index (χ1) is 8.65. The molecule has 5 nitrogen and oxygen atoms in total. The Hall–Kier alpha value is -0.900. The van der Waals surface area contributed by atoms with Crippen molar-refractivity contribution in [1.82, 2.24) is 4.90 Å². The number of carbonyl (C=O) groups excluding carboxylic acids is 1. The Morgan fingerprint density at radius 2 is 2.10 bits per heavy atom. The molecular weight excluding hydrogens is 285 g/mol. The van der Waals surface area contributed by atoms with Crippen LogP contribution in [0.15, 0.2) is 0 Å². The molecular formula is C13H23ClFN3O2. The summed E-state index contributed by atoms with van der Waals surface area (Å²) in [5, 5.41) is 8.93. The van der Waals surface area contributed by atoms with E-state index >= 15 is 0 Å². The number of alkyl halides is 1. The number of likely N-dealkylation sites (tertiary alicyclic amines) is 1. The Morgan fingerprint density at radius 1 is 1.55 bits per heavy atom. The van der Waals surface area contributed by atoms with Crippen molar-refractivity contribution in [1.29, 1.82) is 5.26 Å². The molecule has 1 amide bonds. The van der Waals surface area contributed by atoms with Gasteiger partial charge in [0, 0.05) is 6.42 Å². The normalized spacial score (nSPS) is 25.6. The molecule has 0 aromatic rings. The Bertz CT molecular complexity index is 381. The van der Waals surface area contributed by atoms with Crippen molar-refractivity contribution in [3.8, 4) is 6.07 Å². The van der Waals surface area contributed by atoms with Crippen LogP contribution >= 0.6 is 12.4 Å². The zero-order valence-corrected chi connectivity index (χ0v) is 13.1. The molecule has 1 saturated heterocycles. The number of hydrogen-bond donors (Lipinski definition) is 1. The van der Waals surface area contributed by atoms with Gasteiger partial charge in [0.25, 0.3) is 0 Å². The van der Waals surface area contributed by atoms with Crippen molar-refractivity contribution >= 4 is 18.3 Å². The van der Waals surface area contributed by atoms with Gasteiger partial charge in [0.15, 0.2) is 0 Å². The zero-order valence-electron chi connectivity index (χ0n) is 12.3. The summed E-state index contributed by atoms with van der Waals surface area (Å²) in [5.41, 5.74) is 5.44. The minimum atomic E-state index is -1.15. The van der Waals surface area contributed by atoms with E-state index in [0.717, 1.165) is 0 Å². The van der Waals surface area contributed by atoms with E-state index in [0.29, 0.717) is 0 Å². The van der Waals surface area contributed by atoms with E-state index in [2.05, 4.69) is 0 Å². The number of nitrogens with zero attached hydrogens (tertiary/aromatic N) is 2. The monoisotopic (exact) mass is 307 g/mol. The van der Waals surface area contributed by atoms with Crippen LogP contribution in [0.25, 0.3) is 0 Å². The summed E-state index contributed by atoms with van der Waals surface area (Å²) in [4.78, 5) is 13.4. The van der Waals surface area contributed by atoms with Crippen LogP contribution in [0.3, 0.4) is 0 Å². The second-order valence-corrected chi connectivity index (χ2v) is 5.93. The van der Waals surface area contributed by atoms with E-state index in [1.54, 1.807) is 6.92 Å². The average molecular weight is 308 g/mol. The highest BCUT2D eigenvalue weighted by molar-refractivity contribution is 5.85. The van der Waals surface area contributed by atoms with Crippen molar-refractivity contribution in [3.63, 3.8) is 0 Å². The fraction of sp³-hybridized carbons (Fsp3) is 0.846. The van der Waals surface area contributed by atoms with Gasteiger partial charge in [0.05, 0.1) is 24.3 Å². The maximum Gasteiger partial charge on any atom is 0.243 e. The van der Waals surface area contributed by atoms with Crippen LogP contribution in [-0.4, -0.2) is 47.3 Å². The van der Waals surface area contributed by atoms with E-state index in [-0.39, 0.29) is 25.4 Å². The third-order valence-electron chi connectivity index (χ3n) is 3.01. The van der Waals surface area contributed by atoms with Crippen molar-refractivity contribution in [3.05, 3.63) is 0 Å². The second kappa shape index (κ2) is 7.21. The van der Waals surface area contributed by atoms with Crippen molar-refractivity contribution < 1.29 is 13.9 Å². The number of halogens is 2. The number of ether oxygens (including phenoxy) is 1. The lowest BCUT2D eigenvalue weighted by atomic mass is 10.1. The third-order valence-corrected chi connectivity index (χ3v) is 3.01. The molecule has 0 radical (unpaired) electrons. The number of rotatable bonds is 3. The van der Waals surface area contributed by atoms with Crippen LogP contribution in [0.1, 0.15) is 34.1 Å². The van der Waals surface area contributed by atoms with Gasteiger partial charge < -0.3 is 15.4 Å². The van der Waals surface area contributed by atoms with Gasteiger partial charge in [-0.2, -0.15) is 5.26 Å². The zero-order chi connectivity index (χ0) is 14.8. The van der Waals surface area contributed by atoms with Gasteiger partial charge in [-0.15, -0.1) is 12.4 Å². The third kappa shape index (κ3) is 4.89. The standard InChI is InChI=1S/C13H22FN3O2.ClH/c1-8(19-13(2,3)4)11(16)12(18)17-7-9(14)5-10(17)6-15;/h8-11H,5,7,16H2,1-4H3;1H/t8-,9+,10+,11+;/m1./s1. The molecule has 0 spiro atoms. The van der Waals surface area contributed by atoms with E-state index in [1.165, 1.54) is 4.90 Å². The maximum atomic E-state index is 13.3. The van der Waals surface area contributed by atoms with Crippen LogP contribution in [0, 0.1) is 11.3 Å². The average Bonchev–Trinajstić information content (AvgIpc) is 2.66. The first-order valence-electron chi connectivity index (χ1n) is 6.43. The highest BCUT2D eigenvalue weighted by Crippen LogP contribution is 2.22. The largest absolute Gasteiger partial charge is 0.371 e. The molecule has 2 N–H and O–H groups in total. The fourth-order valence-electron chi connectivity index (χ4n) is 2.17. The number of nitrogens with two attached hydrogens (primary N) is 1. The predicted octanol–water partition coefficient (Wildman–Crippen LogP) is 1.40. The minimum absolute atomic E-state index is 0. The molecule has 1 rings (SSSR count). The van der Waals surface area contributed by atoms with Gasteiger partial charge in [-0.05, 0) is 27.7 Å². The van der Waals surface area contributed by atoms with Crippen LogP contribution in [0.2, 0.25) is 0 Å². The highest BCUT2D eigenvalue weighted by Gasteiger charge is 2.39. The molecule has 4 atom stereocenters. The Balaban J connectivity index is 0.00000361. The molecule has 20 heavy (non-hydrogen) atoms. The summed E-state index contributed by atoms with van der Waals surface area (Å²) in [7, 11) is 0. The van der Waals surface area contributed by atoms with Crippen molar-refractivity contribution in [2.45, 2.75) is 64.1 Å². The topological polar surface area (TPSA) is 79.3 Å². The molecule has 1 aliphatic rings. The highest BCUT2D eigenvalue weighted by atomic mass is 35.5. The van der Waals surface area contributed by atoms with Crippen LogP contribution < -0.4 is 5.73 Å². The number of nitriles is 1. The molecule has 1 aliphatic heterocycles. The summed E-state index contributed by atoms with van der Waals surface area (Å²) in [5.74, 6) is -0.427. The first kappa shape index (κ1) is 19.1. The minimum Gasteiger partial charge on any atom is -0.371 e. The molecule has 0 aliphatic carbocycles. The van der Waals surface area contributed by atoms with Crippen LogP contribution in [-0.2, 0) is 9.53 Å². The molecule has 0 aromatic heterocycles. The Kier molecular flexibility index (Phi) is 6.88. The van der Waals surface area contributed by atoms with E-state index in [1.807, 2.05) is 26.8 Å². The van der Waals surface area contributed by atoms with Gasteiger partial charge in [0.1, 0.15) is 18.3 Å². The molecule has 1 fully saturated rings. The van der Waals surface area contributed by atoms with E-state index < -0.39 is 35.9 Å². The van der Waals surface area contributed by atoms with Gasteiger partial charge in [0.2, 0.25) is 5.91 Å². The van der Waals surface area contributed by atoms with Gasteiger partial charge >= 0.3 is 0 Å². The van der Waals surface area contributed by atoms with Gasteiger partial charge in [-0.25, -0.2) is 4.39 Å². The van der Waals surface area contributed by atoms with Crippen molar-refractivity contribution in [2.75, 3.05) is 6.54 Å². The molecule has 0 bridgehead atoms. The lowest BCUT2D eigenvalue weighted by Crippen LogP contribution is -2.52. The summed E-state index contributed by atoms with van der Waals surface area (Å²) >= 11 is 0. The molecule has 1 heterocycles. The SMILES string of the molecule is C[C@@H](OC(C)(C)C)[C@H](N)C(=O)N1C[C@@H](F)C[C@H]1C#N.Cl. The lowest BCUT2D eigenvalue weighted by molar-refractivity contribution is -0.139. The molecule has 0 aromatic carbocycles. The smallest absolute Gasteiger partial charge is 0.243 e. The number of hydrogen-bond acceptors (Lipinski definition) is 4. The first-order valence-corrected chi connectivity index (χ1v) is 6.43. The Labute approximate surface area is 125 Å². The summed E-state index contributed by atoms with van der Waals surface area (Å²) < 4.78 is 18.9. The Morgan fingerprint density at radius 3 is 2.55 bits per heavy atom. The quantitative estimate of drug-likeness (QED) is 0.855. The van der Waals surface area contributed by atoms with E-state index in [4.69, 9.17) is 15.7 Å². The predicted molar refractivity (Wildman–Crippen MR) is 76.2 cm³/mol. The van der Waals surface area contributed by atoms with Gasteiger partial charge in [-0.3, -0.25) is 4.79 Å². The van der Waals surface area contributed by atoms with Crippen LogP contribution in [0.4, 0.5) is 4.39 Å². The maximum absolute atomic E-state index is 13.3. The summed E-state index contributed by atoms with van der Waals surface area (Å²) in [6.45, 7) is 7.25. The second-order valence-electron chi connectivity index (χ2n) is 5.93. The van der Waals surface area contributed by atoms with Crippen LogP contribution in [0.5, 0.6) is 0 Å². The molecule has 116 valence electrons. The van der Waals surface area contributed by atoms with Gasteiger partial charge in [-0.1, -0.05) is 0 Å².